The van der Waals surface area contributed by atoms with Crippen molar-refractivity contribution in [3.05, 3.63) is 65.7 Å². The summed E-state index contributed by atoms with van der Waals surface area (Å²) in [5.74, 6) is -0.737. The second kappa shape index (κ2) is 8.13. The normalized spacial score (nSPS) is 11.7. The van der Waals surface area contributed by atoms with Gasteiger partial charge in [0.15, 0.2) is 0 Å². The topological polar surface area (TPSA) is 66.4 Å². The highest BCUT2D eigenvalue weighted by molar-refractivity contribution is 5.92. The van der Waals surface area contributed by atoms with Crippen LogP contribution in [0.25, 0.3) is 0 Å². The van der Waals surface area contributed by atoms with Gasteiger partial charge in [-0.25, -0.2) is 4.79 Å². The summed E-state index contributed by atoms with van der Waals surface area (Å²) in [5, 5.41) is 11.6. The van der Waals surface area contributed by atoms with Crippen LogP contribution in [-0.4, -0.2) is 17.0 Å². The number of hydrogen-bond donors (Lipinski definition) is 2. The predicted molar refractivity (Wildman–Crippen MR) is 90.6 cm³/mol. The molecule has 120 valence electrons. The molecule has 0 aromatic heterocycles. The number of carbonyl (C=O) groups is 2. The Morgan fingerprint density at radius 3 is 2.30 bits per heavy atom. The largest absolute Gasteiger partial charge is 0.478 e. The van der Waals surface area contributed by atoms with E-state index in [9.17, 15) is 9.59 Å². The number of aryl methyl sites for hydroxylation is 1. The van der Waals surface area contributed by atoms with Crippen molar-refractivity contribution in [3.8, 4) is 0 Å². The molecule has 2 rings (SSSR count). The molecule has 0 heterocycles. The Morgan fingerprint density at radius 2 is 1.70 bits per heavy atom. The fraction of sp³-hybridized carbons (Fsp3) is 0.263. The number of amides is 1. The highest BCUT2D eigenvalue weighted by Crippen LogP contribution is 2.15. The minimum atomic E-state index is -0.975. The van der Waals surface area contributed by atoms with Crippen molar-refractivity contribution >= 4 is 17.6 Å². The number of carboxylic acid groups (broad SMARTS) is 1. The molecule has 2 aromatic carbocycles. The molecular weight excluding hydrogens is 290 g/mol. The van der Waals surface area contributed by atoms with E-state index in [0.29, 0.717) is 12.1 Å². The van der Waals surface area contributed by atoms with E-state index in [0.717, 1.165) is 12.8 Å². The second-order valence-corrected chi connectivity index (χ2v) is 5.76. The Bertz CT molecular complexity index is 650. The fourth-order valence-electron chi connectivity index (χ4n) is 2.38. The van der Waals surface area contributed by atoms with E-state index < -0.39 is 5.97 Å². The summed E-state index contributed by atoms with van der Waals surface area (Å²) in [5.41, 5.74) is 2.11. The molecular formula is C19H21NO3. The molecule has 0 spiro atoms. The maximum Gasteiger partial charge on any atom is 0.335 e. The Morgan fingerprint density at radius 1 is 1.04 bits per heavy atom. The summed E-state index contributed by atoms with van der Waals surface area (Å²) in [6.07, 6.45) is 2.37. The highest BCUT2D eigenvalue weighted by Gasteiger charge is 2.10. The lowest BCUT2D eigenvalue weighted by Gasteiger charge is -2.12. The lowest BCUT2D eigenvalue weighted by atomic mass is 9.98. The van der Waals surface area contributed by atoms with Crippen molar-refractivity contribution in [1.29, 1.82) is 0 Å². The number of carbonyl (C=O) groups excluding carboxylic acids is 1. The minimum absolute atomic E-state index is 0.0476. The Hall–Kier alpha value is -2.62. The average molecular weight is 311 g/mol. The van der Waals surface area contributed by atoms with Crippen molar-refractivity contribution in [3.63, 3.8) is 0 Å². The zero-order chi connectivity index (χ0) is 16.7. The monoisotopic (exact) mass is 311 g/mol. The van der Waals surface area contributed by atoms with E-state index in [1.165, 1.54) is 17.7 Å². The van der Waals surface area contributed by atoms with Crippen LogP contribution in [0.4, 0.5) is 5.69 Å². The molecule has 23 heavy (non-hydrogen) atoms. The number of rotatable bonds is 7. The molecule has 0 radical (unpaired) electrons. The van der Waals surface area contributed by atoms with Gasteiger partial charge in [-0.15, -0.1) is 0 Å². The first-order valence-corrected chi connectivity index (χ1v) is 7.71. The summed E-state index contributed by atoms with van der Waals surface area (Å²) in [6, 6.07) is 16.4. The first-order valence-electron chi connectivity index (χ1n) is 7.71. The summed E-state index contributed by atoms with van der Waals surface area (Å²) < 4.78 is 0. The Kier molecular flexibility index (Phi) is 5.92. The van der Waals surface area contributed by atoms with Crippen LogP contribution in [0, 0.1) is 5.92 Å². The van der Waals surface area contributed by atoms with E-state index in [1.54, 1.807) is 12.1 Å². The number of carboxylic acids is 1. The molecule has 0 aliphatic carbocycles. The number of nitrogens with one attached hydrogen (secondary N) is 1. The summed E-state index contributed by atoms with van der Waals surface area (Å²) in [6.45, 7) is 2.07. The van der Waals surface area contributed by atoms with E-state index >= 15 is 0 Å². The molecule has 0 aliphatic heterocycles. The molecule has 4 nitrogen and oxygen atoms in total. The van der Waals surface area contributed by atoms with Crippen LogP contribution in [-0.2, 0) is 11.2 Å². The van der Waals surface area contributed by atoms with Gasteiger partial charge in [0.1, 0.15) is 0 Å². The molecule has 0 aliphatic rings. The molecule has 0 saturated carbocycles. The van der Waals surface area contributed by atoms with Crippen molar-refractivity contribution in [2.24, 2.45) is 5.92 Å². The third kappa shape index (κ3) is 5.58. The van der Waals surface area contributed by atoms with E-state index in [1.807, 2.05) is 18.2 Å². The van der Waals surface area contributed by atoms with E-state index in [2.05, 4.69) is 24.4 Å². The zero-order valence-electron chi connectivity index (χ0n) is 13.2. The van der Waals surface area contributed by atoms with Crippen LogP contribution in [0.3, 0.4) is 0 Å². The Labute approximate surface area is 136 Å². The van der Waals surface area contributed by atoms with Gasteiger partial charge in [0.05, 0.1) is 5.56 Å². The predicted octanol–water partition coefficient (Wildman–Crippen LogP) is 3.98. The highest BCUT2D eigenvalue weighted by atomic mass is 16.4. The van der Waals surface area contributed by atoms with Crippen LogP contribution in [0.5, 0.6) is 0 Å². The van der Waals surface area contributed by atoms with Crippen LogP contribution in [0.1, 0.15) is 35.7 Å². The summed E-state index contributed by atoms with van der Waals surface area (Å²) >= 11 is 0. The summed E-state index contributed by atoms with van der Waals surface area (Å²) in [7, 11) is 0. The smallest absolute Gasteiger partial charge is 0.335 e. The van der Waals surface area contributed by atoms with Gasteiger partial charge in [0.2, 0.25) is 5.91 Å². The number of hydrogen-bond acceptors (Lipinski definition) is 2. The standard InChI is InChI=1S/C19H21NO3/c1-14(7-8-15-5-3-2-4-6-15)13-18(21)20-17-11-9-16(10-12-17)19(22)23/h2-6,9-12,14H,7-8,13H2,1H3,(H,20,21)(H,22,23). The van der Waals surface area contributed by atoms with Crippen LogP contribution >= 0.6 is 0 Å². The second-order valence-electron chi connectivity index (χ2n) is 5.76. The van der Waals surface area contributed by atoms with Gasteiger partial charge in [-0.3, -0.25) is 4.79 Å². The van der Waals surface area contributed by atoms with Gasteiger partial charge in [-0.1, -0.05) is 37.3 Å². The number of aromatic carboxylic acids is 1. The minimum Gasteiger partial charge on any atom is -0.478 e. The van der Waals surface area contributed by atoms with E-state index in [4.69, 9.17) is 5.11 Å². The van der Waals surface area contributed by atoms with Crippen molar-refractivity contribution < 1.29 is 14.7 Å². The van der Waals surface area contributed by atoms with Crippen molar-refractivity contribution in [2.45, 2.75) is 26.2 Å². The van der Waals surface area contributed by atoms with Crippen molar-refractivity contribution in [2.75, 3.05) is 5.32 Å². The van der Waals surface area contributed by atoms with Crippen molar-refractivity contribution in [1.82, 2.24) is 0 Å². The molecule has 1 atom stereocenters. The molecule has 2 N–H and O–H groups in total. The van der Waals surface area contributed by atoms with Gasteiger partial charge in [0.25, 0.3) is 0 Å². The van der Waals surface area contributed by atoms with Gasteiger partial charge in [0, 0.05) is 12.1 Å². The van der Waals surface area contributed by atoms with Gasteiger partial charge < -0.3 is 10.4 Å². The quantitative estimate of drug-likeness (QED) is 0.812. The molecule has 0 bridgehead atoms. The Balaban J connectivity index is 1.78. The summed E-state index contributed by atoms with van der Waals surface area (Å²) in [4.78, 5) is 22.8. The zero-order valence-corrected chi connectivity index (χ0v) is 13.2. The SMILES string of the molecule is CC(CCc1ccccc1)CC(=O)Nc1ccc(C(=O)O)cc1. The first kappa shape index (κ1) is 16.7. The van der Waals surface area contributed by atoms with E-state index in [-0.39, 0.29) is 17.4 Å². The molecule has 1 unspecified atom stereocenters. The van der Waals surface area contributed by atoms with Gasteiger partial charge in [-0.2, -0.15) is 0 Å². The molecule has 4 heteroatoms. The van der Waals surface area contributed by atoms with Crippen LogP contribution in [0.15, 0.2) is 54.6 Å². The molecule has 2 aromatic rings. The lowest BCUT2D eigenvalue weighted by Crippen LogP contribution is -2.15. The first-order chi connectivity index (χ1) is 11.0. The molecule has 0 fully saturated rings. The molecule has 0 saturated heterocycles. The number of anilines is 1. The van der Waals surface area contributed by atoms with Gasteiger partial charge >= 0.3 is 5.97 Å². The van der Waals surface area contributed by atoms with Crippen LogP contribution in [0.2, 0.25) is 0 Å². The lowest BCUT2D eigenvalue weighted by molar-refractivity contribution is -0.117. The van der Waals surface area contributed by atoms with Gasteiger partial charge in [-0.05, 0) is 48.6 Å². The van der Waals surface area contributed by atoms with Crippen LogP contribution < -0.4 is 5.32 Å². The third-order valence-electron chi connectivity index (χ3n) is 3.72. The maximum absolute atomic E-state index is 12.0. The fourth-order valence-corrected chi connectivity index (χ4v) is 2.38. The maximum atomic E-state index is 12.0. The molecule has 1 amide bonds. The number of benzene rings is 2. The third-order valence-corrected chi connectivity index (χ3v) is 3.72. The average Bonchev–Trinajstić information content (AvgIpc) is 2.54.